The number of hydrogen-bond acceptors (Lipinski definition) is 10. The van der Waals surface area contributed by atoms with Crippen LogP contribution in [0.25, 0.3) is 0 Å². The topological polar surface area (TPSA) is 161 Å². The summed E-state index contributed by atoms with van der Waals surface area (Å²) >= 11 is 0. The van der Waals surface area contributed by atoms with Crippen molar-refractivity contribution in [1.82, 2.24) is 0 Å². The SMILES string of the molecule is COC(=O)Oc1ccc(C(C(C)COC(=O)c2ccccc2)[C@H](N)C(=O)O)cc1OC(=O)OC. The Bertz CT molecular complexity index is 1020. The van der Waals surface area contributed by atoms with E-state index in [1.165, 1.54) is 18.2 Å². The molecule has 0 heterocycles. The minimum Gasteiger partial charge on any atom is -0.480 e. The largest absolute Gasteiger partial charge is 0.513 e. The molecule has 0 aliphatic heterocycles. The number of carboxylic acid groups (broad SMARTS) is 1. The summed E-state index contributed by atoms with van der Waals surface area (Å²) in [6, 6.07) is 10.9. The Kier molecular flexibility index (Phi) is 9.38. The van der Waals surface area contributed by atoms with Gasteiger partial charge in [-0.3, -0.25) is 4.79 Å². The Labute approximate surface area is 195 Å². The Morgan fingerprint density at radius 2 is 1.50 bits per heavy atom. The molecule has 3 atom stereocenters. The minimum atomic E-state index is -1.40. The van der Waals surface area contributed by atoms with Crippen LogP contribution >= 0.6 is 0 Å². The maximum Gasteiger partial charge on any atom is 0.513 e. The van der Waals surface area contributed by atoms with Crippen LogP contribution in [-0.4, -0.2) is 56.2 Å². The monoisotopic (exact) mass is 475 g/mol. The van der Waals surface area contributed by atoms with Crippen molar-refractivity contribution < 1.29 is 48.0 Å². The molecule has 0 amide bonds. The van der Waals surface area contributed by atoms with Crippen LogP contribution in [0.4, 0.5) is 9.59 Å². The quantitative estimate of drug-likeness (QED) is 0.312. The molecule has 0 aliphatic rings. The van der Waals surface area contributed by atoms with Crippen molar-refractivity contribution in [2.24, 2.45) is 11.7 Å². The highest BCUT2D eigenvalue weighted by Crippen LogP contribution is 2.36. The Hall–Kier alpha value is -4.12. The predicted molar refractivity (Wildman–Crippen MR) is 117 cm³/mol. The van der Waals surface area contributed by atoms with E-state index in [1.807, 2.05) is 0 Å². The van der Waals surface area contributed by atoms with E-state index < -0.39 is 42.1 Å². The lowest BCUT2D eigenvalue weighted by molar-refractivity contribution is -0.139. The minimum absolute atomic E-state index is 0.146. The Morgan fingerprint density at radius 3 is 2.06 bits per heavy atom. The lowest BCUT2D eigenvalue weighted by atomic mass is 9.82. The number of methoxy groups -OCH3 is 2. The van der Waals surface area contributed by atoms with Crippen LogP contribution in [0.15, 0.2) is 48.5 Å². The first-order chi connectivity index (χ1) is 16.2. The van der Waals surface area contributed by atoms with E-state index in [0.29, 0.717) is 11.1 Å². The first kappa shape index (κ1) is 26.1. The van der Waals surface area contributed by atoms with Crippen LogP contribution in [0.2, 0.25) is 0 Å². The third-order valence-electron chi connectivity index (χ3n) is 4.84. The standard InChI is InChI=1S/C23H25NO10/c1-13(12-32-21(27)14-7-5-4-6-8-14)18(19(24)20(25)26)15-9-10-16(33-22(28)30-2)17(11-15)34-23(29)31-3/h4-11,13,18-19H,12,24H2,1-3H3,(H,25,26)/t13?,18?,19-/m0/s1. The molecule has 182 valence electrons. The van der Waals surface area contributed by atoms with Crippen LogP contribution in [0.3, 0.4) is 0 Å². The van der Waals surface area contributed by atoms with Crippen molar-refractivity contribution in [3.63, 3.8) is 0 Å². The zero-order chi connectivity index (χ0) is 25.3. The highest BCUT2D eigenvalue weighted by Gasteiger charge is 2.33. The van der Waals surface area contributed by atoms with Crippen LogP contribution < -0.4 is 15.2 Å². The van der Waals surface area contributed by atoms with Gasteiger partial charge in [0.05, 0.1) is 26.4 Å². The van der Waals surface area contributed by atoms with Crippen LogP contribution in [0.5, 0.6) is 11.5 Å². The summed E-state index contributed by atoms with van der Waals surface area (Å²) in [5.41, 5.74) is 6.62. The maximum absolute atomic E-state index is 12.3. The van der Waals surface area contributed by atoms with Crippen LogP contribution in [0, 0.1) is 5.92 Å². The normalized spacial score (nSPS) is 13.1. The zero-order valence-electron chi connectivity index (χ0n) is 18.8. The lowest BCUT2D eigenvalue weighted by Crippen LogP contribution is -2.40. The molecule has 0 saturated carbocycles. The highest BCUT2D eigenvalue weighted by molar-refractivity contribution is 5.89. The number of esters is 1. The summed E-state index contributed by atoms with van der Waals surface area (Å²) in [6.45, 7) is 1.51. The number of rotatable bonds is 9. The molecule has 34 heavy (non-hydrogen) atoms. The molecule has 3 N–H and O–H groups in total. The van der Waals surface area contributed by atoms with Gasteiger partial charge in [0.15, 0.2) is 11.5 Å². The third kappa shape index (κ3) is 6.94. The van der Waals surface area contributed by atoms with Crippen molar-refractivity contribution in [3.8, 4) is 11.5 Å². The van der Waals surface area contributed by atoms with Gasteiger partial charge in [-0.2, -0.15) is 0 Å². The molecule has 0 radical (unpaired) electrons. The van der Waals surface area contributed by atoms with Crippen LogP contribution in [-0.2, 0) is 19.0 Å². The van der Waals surface area contributed by atoms with E-state index >= 15 is 0 Å². The summed E-state index contributed by atoms with van der Waals surface area (Å²) in [6.07, 6.45) is -2.17. The molecule has 2 rings (SSSR count). The fourth-order valence-corrected chi connectivity index (χ4v) is 3.17. The lowest BCUT2D eigenvalue weighted by Gasteiger charge is -2.28. The van der Waals surface area contributed by atoms with Crippen molar-refractivity contribution in [2.75, 3.05) is 20.8 Å². The van der Waals surface area contributed by atoms with Gasteiger partial charge in [-0.25, -0.2) is 14.4 Å². The van der Waals surface area contributed by atoms with E-state index in [0.717, 1.165) is 14.2 Å². The molecule has 2 unspecified atom stereocenters. The van der Waals surface area contributed by atoms with Gasteiger partial charge in [-0.1, -0.05) is 31.2 Å². The number of carbonyl (C=O) groups excluding carboxylic acids is 3. The molecule has 0 fully saturated rings. The number of carbonyl (C=O) groups is 4. The first-order valence-corrected chi connectivity index (χ1v) is 10.0. The van der Waals surface area contributed by atoms with E-state index in [-0.39, 0.29) is 18.1 Å². The van der Waals surface area contributed by atoms with Crippen molar-refractivity contribution >= 4 is 24.2 Å². The van der Waals surface area contributed by atoms with Crippen molar-refractivity contribution in [1.29, 1.82) is 0 Å². The van der Waals surface area contributed by atoms with Gasteiger partial charge < -0.3 is 34.5 Å². The average Bonchev–Trinajstić information content (AvgIpc) is 2.84. The summed E-state index contributed by atoms with van der Waals surface area (Å²) in [7, 11) is 2.18. The van der Waals surface area contributed by atoms with Gasteiger partial charge in [-0.15, -0.1) is 0 Å². The fraction of sp³-hybridized carbons (Fsp3) is 0.304. The number of ether oxygens (including phenoxy) is 5. The zero-order valence-corrected chi connectivity index (χ0v) is 18.8. The number of nitrogens with two attached hydrogens (primary N) is 1. The van der Waals surface area contributed by atoms with E-state index in [9.17, 15) is 24.3 Å². The number of aliphatic carboxylic acids is 1. The summed E-state index contributed by atoms with van der Waals surface area (Å²) in [5, 5.41) is 9.55. The summed E-state index contributed by atoms with van der Waals surface area (Å²) in [4.78, 5) is 47.2. The predicted octanol–water partition coefficient (Wildman–Crippen LogP) is 2.97. The fourth-order valence-electron chi connectivity index (χ4n) is 3.17. The molecular weight excluding hydrogens is 450 g/mol. The molecule has 0 saturated heterocycles. The van der Waals surface area contributed by atoms with Crippen LogP contribution in [0.1, 0.15) is 28.8 Å². The number of carboxylic acids is 1. The van der Waals surface area contributed by atoms with Gasteiger partial charge in [0, 0.05) is 5.92 Å². The van der Waals surface area contributed by atoms with Gasteiger partial charge >= 0.3 is 24.2 Å². The second kappa shape index (κ2) is 12.2. The van der Waals surface area contributed by atoms with Gasteiger partial charge in [0.25, 0.3) is 0 Å². The van der Waals surface area contributed by atoms with Gasteiger partial charge in [0.1, 0.15) is 6.04 Å². The molecule has 2 aromatic carbocycles. The average molecular weight is 475 g/mol. The Balaban J connectivity index is 2.35. The smallest absolute Gasteiger partial charge is 0.480 e. The molecular formula is C23H25NO10. The molecule has 2 aromatic rings. The molecule has 0 aromatic heterocycles. The number of benzene rings is 2. The summed E-state index contributed by atoms with van der Waals surface area (Å²) in [5.74, 6) is -3.73. The molecule has 11 heteroatoms. The van der Waals surface area contributed by atoms with Crippen molar-refractivity contribution in [3.05, 3.63) is 59.7 Å². The van der Waals surface area contributed by atoms with Crippen molar-refractivity contribution in [2.45, 2.75) is 18.9 Å². The molecule has 11 nitrogen and oxygen atoms in total. The van der Waals surface area contributed by atoms with E-state index in [1.54, 1.807) is 37.3 Å². The second-order valence-electron chi connectivity index (χ2n) is 7.15. The second-order valence-corrected chi connectivity index (χ2v) is 7.15. The first-order valence-electron chi connectivity index (χ1n) is 10.0. The van der Waals surface area contributed by atoms with E-state index in [2.05, 4.69) is 9.47 Å². The summed E-state index contributed by atoms with van der Waals surface area (Å²) < 4.78 is 24.3. The maximum atomic E-state index is 12.3. The molecule has 0 spiro atoms. The van der Waals surface area contributed by atoms with Gasteiger partial charge in [-0.05, 0) is 35.7 Å². The van der Waals surface area contributed by atoms with Gasteiger partial charge in [0.2, 0.25) is 0 Å². The highest BCUT2D eigenvalue weighted by atomic mass is 16.7. The van der Waals surface area contributed by atoms with E-state index in [4.69, 9.17) is 19.9 Å². The number of hydrogen-bond donors (Lipinski definition) is 2. The Morgan fingerprint density at radius 1 is 0.912 bits per heavy atom. The molecule has 0 aliphatic carbocycles. The molecule has 0 bridgehead atoms. The third-order valence-corrected chi connectivity index (χ3v) is 4.84.